The van der Waals surface area contributed by atoms with Crippen molar-refractivity contribution in [1.29, 1.82) is 0 Å². The first-order chi connectivity index (χ1) is 15.8. The number of carbonyl (C=O) groups is 3. The molecule has 2 amide bonds. The SMILES string of the molecule is Cc1cc2oc(-c3c(C(=O)ON4C(=O)CCC4=O)ccc4c3OCOC4)cc(=O)c2cc1C. The first-order valence-electron chi connectivity index (χ1n) is 10.3. The van der Waals surface area contributed by atoms with Gasteiger partial charge in [0.05, 0.1) is 23.1 Å². The van der Waals surface area contributed by atoms with E-state index in [1.807, 2.05) is 13.8 Å². The number of ether oxygens (including phenoxy) is 2. The predicted molar refractivity (Wildman–Crippen MR) is 114 cm³/mol. The number of carbonyl (C=O) groups excluding carboxylic acids is 3. The summed E-state index contributed by atoms with van der Waals surface area (Å²) < 4.78 is 17.0. The van der Waals surface area contributed by atoms with Gasteiger partial charge in [-0.3, -0.25) is 14.4 Å². The Morgan fingerprint density at radius 2 is 1.73 bits per heavy atom. The maximum absolute atomic E-state index is 13.0. The number of nitrogens with zero attached hydrogens (tertiary/aromatic N) is 1. The second kappa shape index (κ2) is 7.86. The van der Waals surface area contributed by atoms with E-state index in [9.17, 15) is 19.2 Å². The molecule has 9 heteroatoms. The number of rotatable bonds is 3. The number of hydroxylamine groups is 2. The number of hydrogen-bond donors (Lipinski definition) is 0. The van der Waals surface area contributed by atoms with Gasteiger partial charge in [-0.1, -0.05) is 6.07 Å². The summed E-state index contributed by atoms with van der Waals surface area (Å²) in [5, 5.41) is 0.881. The van der Waals surface area contributed by atoms with Crippen LogP contribution in [-0.4, -0.2) is 29.6 Å². The molecule has 0 bridgehead atoms. The van der Waals surface area contributed by atoms with Gasteiger partial charge in [0.1, 0.15) is 17.1 Å². The molecule has 1 fully saturated rings. The minimum atomic E-state index is -0.950. The monoisotopic (exact) mass is 449 g/mol. The Kier molecular flexibility index (Phi) is 4.98. The van der Waals surface area contributed by atoms with Crippen LogP contribution in [-0.2, 0) is 25.8 Å². The van der Waals surface area contributed by atoms with Gasteiger partial charge in [-0.2, -0.15) is 0 Å². The van der Waals surface area contributed by atoms with E-state index >= 15 is 0 Å². The maximum atomic E-state index is 13.0. The van der Waals surface area contributed by atoms with Crippen molar-refractivity contribution in [3.8, 4) is 17.1 Å². The summed E-state index contributed by atoms with van der Waals surface area (Å²) in [4.78, 5) is 54.9. The molecule has 2 aliphatic rings. The van der Waals surface area contributed by atoms with Crippen molar-refractivity contribution < 1.29 is 33.1 Å². The minimum absolute atomic E-state index is 0.0190. The van der Waals surface area contributed by atoms with Gasteiger partial charge in [0, 0.05) is 24.5 Å². The molecule has 3 heterocycles. The van der Waals surface area contributed by atoms with Crippen molar-refractivity contribution in [3.05, 3.63) is 62.8 Å². The molecule has 9 nitrogen and oxygen atoms in total. The third kappa shape index (κ3) is 3.56. The van der Waals surface area contributed by atoms with Crippen LogP contribution in [0.4, 0.5) is 0 Å². The molecule has 168 valence electrons. The topological polar surface area (TPSA) is 112 Å². The van der Waals surface area contributed by atoms with Crippen LogP contribution in [0.2, 0.25) is 0 Å². The van der Waals surface area contributed by atoms with E-state index in [2.05, 4.69) is 0 Å². The first-order valence-corrected chi connectivity index (χ1v) is 10.3. The van der Waals surface area contributed by atoms with Crippen LogP contribution in [0.25, 0.3) is 22.3 Å². The number of benzene rings is 2. The summed E-state index contributed by atoms with van der Waals surface area (Å²) in [6.07, 6.45) is -0.0517. The predicted octanol–water partition coefficient (Wildman–Crippen LogP) is 3.16. The fourth-order valence-corrected chi connectivity index (χ4v) is 3.90. The van der Waals surface area contributed by atoms with E-state index in [-0.39, 0.29) is 48.6 Å². The van der Waals surface area contributed by atoms with E-state index in [0.717, 1.165) is 11.1 Å². The second-order valence-corrected chi connectivity index (χ2v) is 7.96. The van der Waals surface area contributed by atoms with Gasteiger partial charge in [-0.25, -0.2) is 4.79 Å². The lowest BCUT2D eigenvalue weighted by Gasteiger charge is -2.22. The Labute approximate surface area is 187 Å². The van der Waals surface area contributed by atoms with Crippen molar-refractivity contribution in [2.75, 3.05) is 6.79 Å². The number of amides is 2. The van der Waals surface area contributed by atoms with Gasteiger partial charge < -0.3 is 18.7 Å². The summed E-state index contributed by atoms with van der Waals surface area (Å²) >= 11 is 0. The van der Waals surface area contributed by atoms with Gasteiger partial charge in [0.25, 0.3) is 11.8 Å². The van der Waals surface area contributed by atoms with Gasteiger partial charge in [-0.15, -0.1) is 5.06 Å². The van der Waals surface area contributed by atoms with Gasteiger partial charge in [0.15, 0.2) is 12.2 Å². The average molecular weight is 449 g/mol. The highest BCUT2D eigenvalue weighted by molar-refractivity contribution is 6.04. The molecule has 0 N–H and O–H groups in total. The van der Waals surface area contributed by atoms with Gasteiger partial charge in [0.2, 0.25) is 0 Å². The molecular formula is C24H19NO8. The van der Waals surface area contributed by atoms with E-state index in [4.69, 9.17) is 18.7 Å². The van der Waals surface area contributed by atoms with Gasteiger partial charge >= 0.3 is 5.97 Å². The van der Waals surface area contributed by atoms with E-state index in [0.29, 0.717) is 27.3 Å². The summed E-state index contributed by atoms with van der Waals surface area (Å²) in [6, 6.07) is 7.88. The Morgan fingerprint density at radius 1 is 1.00 bits per heavy atom. The molecule has 0 saturated carbocycles. The fourth-order valence-electron chi connectivity index (χ4n) is 3.90. The zero-order chi connectivity index (χ0) is 23.3. The van der Waals surface area contributed by atoms with Crippen molar-refractivity contribution in [1.82, 2.24) is 5.06 Å². The Hall–Kier alpha value is -3.98. The van der Waals surface area contributed by atoms with Crippen LogP contribution in [0, 0.1) is 13.8 Å². The van der Waals surface area contributed by atoms with Crippen molar-refractivity contribution in [2.24, 2.45) is 0 Å². The standard InChI is InChI=1S/C24H19NO8/c1-12-7-16-17(26)9-19(32-18(16)8-13(12)2)22-15(4-3-14-10-30-11-31-23(14)22)24(29)33-25-20(27)5-6-21(25)28/h3-4,7-9H,5-6,10-11H2,1-2H3. The zero-order valence-corrected chi connectivity index (χ0v) is 17.9. The highest BCUT2D eigenvalue weighted by Crippen LogP contribution is 2.39. The molecule has 2 aliphatic heterocycles. The van der Waals surface area contributed by atoms with Crippen LogP contribution >= 0.6 is 0 Å². The summed E-state index contributed by atoms with van der Waals surface area (Å²) in [5.41, 5.74) is 2.77. The molecule has 0 spiro atoms. The summed E-state index contributed by atoms with van der Waals surface area (Å²) in [5.74, 6) is -1.74. The maximum Gasteiger partial charge on any atom is 0.364 e. The second-order valence-electron chi connectivity index (χ2n) is 7.96. The lowest BCUT2D eigenvalue weighted by atomic mass is 9.98. The minimum Gasteiger partial charge on any atom is -0.466 e. The molecule has 0 atom stereocenters. The fraction of sp³-hybridized carbons (Fsp3) is 0.250. The molecule has 3 aromatic rings. The van der Waals surface area contributed by atoms with Crippen molar-refractivity contribution in [3.63, 3.8) is 0 Å². The van der Waals surface area contributed by atoms with Gasteiger partial charge in [-0.05, 0) is 43.2 Å². The molecule has 33 heavy (non-hydrogen) atoms. The van der Waals surface area contributed by atoms with Crippen LogP contribution in [0.3, 0.4) is 0 Å². The Balaban J connectivity index is 1.68. The molecule has 2 aromatic carbocycles. The molecule has 0 unspecified atom stereocenters. The van der Waals surface area contributed by atoms with Crippen molar-refractivity contribution in [2.45, 2.75) is 33.3 Å². The number of hydrogen-bond acceptors (Lipinski definition) is 8. The average Bonchev–Trinajstić information content (AvgIpc) is 3.11. The molecule has 1 saturated heterocycles. The smallest absolute Gasteiger partial charge is 0.364 e. The van der Waals surface area contributed by atoms with Crippen molar-refractivity contribution >= 4 is 28.8 Å². The van der Waals surface area contributed by atoms with E-state index < -0.39 is 17.8 Å². The first kappa shape index (κ1) is 20.9. The largest absolute Gasteiger partial charge is 0.466 e. The lowest BCUT2D eigenvalue weighted by Crippen LogP contribution is -2.32. The highest BCUT2D eigenvalue weighted by Gasteiger charge is 2.35. The molecular weight excluding hydrogens is 430 g/mol. The van der Waals surface area contributed by atoms with Crippen LogP contribution in [0.1, 0.15) is 39.9 Å². The lowest BCUT2D eigenvalue weighted by molar-refractivity contribution is -0.172. The molecule has 1 aromatic heterocycles. The zero-order valence-electron chi connectivity index (χ0n) is 17.9. The highest BCUT2D eigenvalue weighted by atomic mass is 16.7. The van der Waals surface area contributed by atoms with Crippen LogP contribution in [0.5, 0.6) is 5.75 Å². The number of imide groups is 1. The number of fused-ring (bicyclic) bond motifs is 2. The third-order valence-electron chi connectivity index (χ3n) is 5.77. The number of aryl methyl sites for hydroxylation is 2. The Bertz CT molecular complexity index is 1390. The van der Waals surface area contributed by atoms with Crippen LogP contribution in [0.15, 0.2) is 39.5 Å². The molecule has 0 aliphatic carbocycles. The quantitative estimate of drug-likeness (QED) is 0.561. The Morgan fingerprint density at radius 3 is 2.48 bits per heavy atom. The summed E-state index contributed by atoms with van der Waals surface area (Å²) in [7, 11) is 0. The third-order valence-corrected chi connectivity index (χ3v) is 5.77. The van der Waals surface area contributed by atoms with Crippen LogP contribution < -0.4 is 10.2 Å². The summed E-state index contributed by atoms with van der Waals surface area (Å²) in [6.45, 7) is 3.98. The van der Waals surface area contributed by atoms with E-state index in [1.165, 1.54) is 12.1 Å². The van der Waals surface area contributed by atoms with E-state index in [1.54, 1.807) is 18.2 Å². The molecule has 0 radical (unpaired) electrons. The molecule has 5 rings (SSSR count). The normalized spacial score (nSPS) is 15.5.